The van der Waals surface area contributed by atoms with Crippen LogP contribution in [0.5, 0.6) is 0 Å². The molecule has 0 aliphatic carbocycles. The lowest BCUT2D eigenvalue weighted by molar-refractivity contribution is 0.393. The molecule has 1 atom stereocenters. The molecule has 132 valence electrons. The molecule has 1 N–H and O–H groups in total. The number of hydrogen-bond donors (Lipinski definition) is 1. The fourth-order valence-electron chi connectivity index (χ4n) is 2.91. The zero-order chi connectivity index (χ0) is 18.2. The van der Waals surface area contributed by atoms with Crippen LogP contribution in [-0.4, -0.2) is 10.0 Å². The Kier molecular flexibility index (Phi) is 6.39. The Hall–Kier alpha value is -2.65. The van der Waals surface area contributed by atoms with Crippen LogP contribution in [0.15, 0.2) is 91.0 Å². The van der Waals surface area contributed by atoms with Crippen molar-refractivity contribution in [2.24, 2.45) is 0 Å². The molecule has 0 aliphatic heterocycles. The van der Waals surface area contributed by atoms with Crippen LogP contribution in [0.25, 0.3) is 0 Å². The summed E-state index contributed by atoms with van der Waals surface area (Å²) in [6, 6.07) is 31.5. The molecule has 0 heterocycles. The largest absolute Gasteiger partial charge is 0.356 e. The molecule has 0 fully saturated rings. The molecular weight excluding hydrogens is 336 g/mol. The molecule has 0 spiro atoms. The van der Waals surface area contributed by atoms with Gasteiger partial charge in [-0.2, -0.15) is 0 Å². The van der Waals surface area contributed by atoms with Gasteiger partial charge in [0.05, 0.1) is 6.04 Å². The monoisotopic (exact) mass is 360 g/mol. The summed E-state index contributed by atoms with van der Waals surface area (Å²) in [4.78, 5) is 2.22. The first kappa shape index (κ1) is 18.2. The van der Waals surface area contributed by atoms with Crippen LogP contribution in [-0.2, 0) is 13.1 Å². The summed E-state index contributed by atoms with van der Waals surface area (Å²) in [5, 5.41) is 4.27. The third-order valence-electron chi connectivity index (χ3n) is 4.36. The van der Waals surface area contributed by atoms with Crippen molar-refractivity contribution in [1.82, 2.24) is 10.2 Å². The number of nitrogens with one attached hydrogen (secondary N) is 1. The molecule has 0 radical (unpaired) electrons. The first-order chi connectivity index (χ1) is 12.7. The van der Waals surface area contributed by atoms with Gasteiger partial charge in [0.15, 0.2) is 5.11 Å². The van der Waals surface area contributed by atoms with Crippen molar-refractivity contribution in [2.45, 2.75) is 26.1 Å². The van der Waals surface area contributed by atoms with E-state index >= 15 is 0 Å². The van der Waals surface area contributed by atoms with Crippen LogP contribution in [0.3, 0.4) is 0 Å². The SMILES string of the molecule is C[C@H](NC(=S)N(Cc1ccccc1)Cc1ccccc1)c1ccccc1. The van der Waals surface area contributed by atoms with E-state index in [1.807, 2.05) is 18.2 Å². The Labute approximate surface area is 161 Å². The Morgan fingerprint density at radius 1 is 0.769 bits per heavy atom. The van der Waals surface area contributed by atoms with Gasteiger partial charge in [-0.3, -0.25) is 0 Å². The number of thiocarbonyl (C=S) groups is 1. The Morgan fingerprint density at radius 3 is 1.65 bits per heavy atom. The number of rotatable bonds is 6. The van der Waals surface area contributed by atoms with Crippen LogP contribution < -0.4 is 5.32 Å². The minimum atomic E-state index is 0.165. The van der Waals surface area contributed by atoms with E-state index in [2.05, 4.69) is 89.9 Å². The van der Waals surface area contributed by atoms with Gasteiger partial charge in [-0.1, -0.05) is 91.0 Å². The molecule has 0 saturated heterocycles. The summed E-state index contributed by atoms with van der Waals surface area (Å²) in [5.41, 5.74) is 3.73. The van der Waals surface area contributed by atoms with Crippen LogP contribution in [0.2, 0.25) is 0 Å². The van der Waals surface area contributed by atoms with Crippen molar-refractivity contribution in [3.8, 4) is 0 Å². The number of hydrogen-bond acceptors (Lipinski definition) is 1. The molecule has 0 aromatic heterocycles. The topological polar surface area (TPSA) is 15.3 Å². The molecule has 0 aliphatic rings. The van der Waals surface area contributed by atoms with E-state index in [0.29, 0.717) is 0 Å². The first-order valence-corrected chi connectivity index (χ1v) is 9.31. The van der Waals surface area contributed by atoms with Crippen molar-refractivity contribution >= 4 is 17.3 Å². The van der Waals surface area contributed by atoms with Gasteiger partial charge in [0.2, 0.25) is 0 Å². The summed E-state index contributed by atoms with van der Waals surface area (Å²) in [5.74, 6) is 0. The Bertz CT molecular complexity index is 762. The van der Waals surface area contributed by atoms with E-state index in [0.717, 1.165) is 18.2 Å². The quantitative estimate of drug-likeness (QED) is 0.599. The van der Waals surface area contributed by atoms with Gasteiger partial charge < -0.3 is 10.2 Å². The van der Waals surface area contributed by atoms with Gasteiger partial charge in [-0.05, 0) is 35.8 Å². The van der Waals surface area contributed by atoms with Gasteiger partial charge in [0.25, 0.3) is 0 Å². The third-order valence-corrected chi connectivity index (χ3v) is 4.74. The van der Waals surface area contributed by atoms with Crippen molar-refractivity contribution in [1.29, 1.82) is 0 Å². The Morgan fingerprint density at radius 2 is 1.19 bits per heavy atom. The smallest absolute Gasteiger partial charge is 0.170 e. The lowest BCUT2D eigenvalue weighted by atomic mass is 10.1. The number of nitrogens with zero attached hydrogens (tertiary/aromatic N) is 1. The highest BCUT2D eigenvalue weighted by molar-refractivity contribution is 7.80. The lowest BCUT2D eigenvalue weighted by Crippen LogP contribution is -2.40. The highest BCUT2D eigenvalue weighted by Gasteiger charge is 2.14. The van der Waals surface area contributed by atoms with Crippen molar-refractivity contribution < 1.29 is 0 Å². The second kappa shape index (κ2) is 9.16. The predicted molar refractivity (Wildman–Crippen MR) is 113 cm³/mol. The van der Waals surface area contributed by atoms with Gasteiger partial charge in [-0.15, -0.1) is 0 Å². The van der Waals surface area contributed by atoms with Gasteiger partial charge in [0, 0.05) is 13.1 Å². The predicted octanol–water partition coefficient (Wildman–Crippen LogP) is 5.32. The molecular formula is C23H24N2S. The zero-order valence-electron chi connectivity index (χ0n) is 15.0. The highest BCUT2D eigenvalue weighted by atomic mass is 32.1. The van der Waals surface area contributed by atoms with E-state index in [4.69, 9.17) is 12.2 Å². The highest BCUT2D eigenvalue weighted by Crippen LogP contribution is 2.15. The summed E-state index contributed by atoms with van der Waals surface area (Å²) in [6.07, 6.45) is 0. The number of benzene rings is 3. The summed E-state index contributed by atoms with van der Waals surface area (Å²) in [7, 11) is 0. The molecule has 0 amide bonds. The molecule has 3 rings (SSSR count). The maximum atomic E-state index is 5.76. The second-order valence-corrected chi connectivity index (χ2v) is 6.80. The molecule has 0 bridgehead atoms. The van der Waals surface area contributed by atoms with E-state index in [1.165, 1.54) is 16.7 Å². The first-order valence-electron chi connectivity index (χ1n) is 8.90. The second-order valence-electron chi connectivity index (χ2n) is 6.41. The summed E-state index contributed by atoms with van der Waals surface area (Å²) < 4.78 is 0. The van der Waals surface area contributed by atoms with Crippen LogP contribution in [0.1, 0.15) is 29.7 Å². The summed E-state index contributed by atoms with van der Waals surface area (Å²) >= 11 is 5.76. The van der Waals surface area contributed by atoms with Gasteiger partial charge in [-0.25, -0.2) is 0 Å². The van der Waals surface area contributed by atoms with E-state index in [1.54, 1.807) is 0 Å². The fraction of sp³-hybridized carbons (Fsp3) is 0.174. The molecule has 26 heavy (non-hydrogen) atoms. The molecule has 3 aromatic rings. The van der Waals surface area contributed by atoms with Crippen molar-refractivity contribution in [3.05, 3.63) is 108 Å². The van der Waals surface area contributed by atoms with Crippen molar-refractivity contribution in [3.63, 3.8) is 0 Å². The maximum absolute atomic E-state index is 5.76. The standard InChI is InChI=1S/C23H24N2S/c1-19(22-15-9-4-10-16-22)24-23(26)25(17-20-11-5-2-6-12-20)18-21-13-7-3-8-14-21/h2-16,19H,17-18H2,1H3,(H,24,26)/t19-/m0/s1. The van der Waals surface area contributed by atoms with E-state index in [-0.39, 0.29) is 6.04 Å². The summed E-state index contributed by atoms with van der Waals surface area (Å²) in [6.45, 7) is 3.71. The minimum absolute atomic E-state index is 0.165. The van der Waals surface area contributed by atoms with E-state index in [9.17, 15) is 0 Å². The molecule has 2 nitrogen and oxygen atoms in total. The van der Waals surface area contributed by atoms with Gasteiger partial charge >= 0.3 is 0 Å². The van der Waals surface area contributed by atoms with Crippen LogP contribution in [0, 0.1) is 0 Å². The van der Waals surface area contributed by atoms with E-state index < -0.39 is 0 Å². The van der Waals surface area contributed by atoms with Gasteiger partial charge in [0.1, 0.15) is 0 Å². The average molecular weight is 361 g/mol. The zero-order valence-corrected chi connectivity index (χ0v) is 15.8. The molecule has 3 heteroatoms. The van der Waals surface area contributed by atoms with Crippen molar-refractivity contribution in [2.75, 3.05) is 0 Å². The molecule has 3 aromatic carbocycles. The fourth-order valence-corrected chi connectivity index (χ4v) is 3.21. The normalized spacial score (nSPS) is 11.6. The maximum Gasteiger partial charge on any atom is 0.170 e. The lowest BCUT2D eigenvalue weighted by Gasteiger charge is -2.28. The Balaban J connectivity index is 1.74. The minimum Gasteiger partial charge on any atom is -0.356 e. The van der Waals surface area contributed by atoms with Crippen LogP contribution in [0.4, 0.5) is 0 Å². The average Bonchev–Trinajstić information content (AvgIpc) is 2.69. The molecule has 0 saturated carbocycles. The van der Waals surface area contributed by atoms with Crippen LogP contribution >= 0.6 is 12.2 Å². The third kappa shape index (κ3) is 5.17. The molecule has 0 unspecified atom stereocenters.